The zero-order valence-electron chi connectivity index (χ0n) is 14.8. The molecule has 2 fully saturated rings. The molecule has 1 aliphatic carbocycles. The summed E-state index contributed by atoms with van der Waals surface area (Å²) >= 11 is 0. The molecule has 21 heavy (non-hydrogen) atoms. The van der Waals surface area contributed by atoms with Gasteiger partial charge in [-0.05, 0) is 44.1 Å². The highest BCUT2D eigenvalue weighted by atomic mass is 15.2. The van der Waals surface area contributed by atoms with Crippen molar-refractivity contribution < 1.29 is 0 Å². The summed E-state index contributed by atoms with van der Waals surface area (Å²) in [5.41, 5.74) is 0.495. The summed E-state index contributed by atoms with van der Waals surface area (Å²) < 4.78 is 0. The molecule has 0 spiro atoms. The third-order valence-corrected chi connectivity index (χ3v) is 5.65. The smallest absolute Gasteiger partial charge is 0.0110 e. The highest BCUT2D eigenvalue weighted by Crippen LogP contribution is 2.36. The van der Waals surface area contributed by atoms with Gasteiger partial charge in [0.05, 0.1) is 0 Å². The van der Waals surface area contributed by atoms with Gasteiger partial charge in [-0.3, -0.25) is 4.90 Å². The van der Waals surface area contributed by atoms with Gasteiger partial charge in [0.2, 0.25) is 0 Å². The maximum atomic E-state index is 3.84. The van der Waals surface area contributed by atoms with Crippen LogP contribution in [-0.4, -0.2) is 62.2 Å². The van der Waals surface area contributed by atoms with Crippen molar-refractivity contribution in [1.29, 1.82) is 0 Å². The lowest BCUT2D eigenvalue weighted by molar-refractivity contribution is 0.153. The molecule has 0 bridgehead atoms. The third-order valence-electron chi connectivity index (χ3n) is 5.65. The predicted molar refractivity (Wildman–Crippen MR) is 91.8 cm³/mol. The second-order valence-corrected chi connectivity index (χ2v) is 8.37. The van der Waals surface area contributed by atoms with E-state index < -0.39 is 0 Å². The van der Waals surface area contributed by atoms with Crippen LogP contribution in [-0.2, 0) is 0 Å². The molecule has 0 radical (unpaired) electrons. The summed E-state index contributed by atoms with van der Waals surface area (Å²) in [6.45, 7) is 14.6. The Morgan fingerprint density at radius 2 is 1.67 bits per heavy atom. The molecule has 2 unspecified atom stereocenters. The lowest BCUT2D eigenvalue weighted by Crippen LogP contribution is -2.47. The summed E-state index contributed by atoms with van der Waals surface area (Å²) in [4.78, 5) is 5.05. The van der Waals surface area contributed by atoms with Crippen molar-refractivity contribution in [2.24, 2.45) is 11.3 Å². The Bertz CT molecular complexity index is 289. The quantitative estimate of drug-likeness (QED) is 0.805. The first-order valence-corrected chi connectivity index (χ1v) is 9.09. The Balaban J connectivity index is 1.63. The van der Waals surface area contributed by atoms with Crippen LogP contribution in [0.4, 0.5) is 0 Å². The van der Waals surface area contributed by atoms with E-state index in [1.165, 1.54) is 71.4 Å². The third kappa shape index (κ3) is 5.88. The lowest BCUT2D eigenvalue weighted by Gasteiger charge is -2.32. The van der Waals surface area contributed by atoms with Crippen molar-refractivity contribution in [2.75, 3.05) is 46.3 Å². The van der Waals surface area contributed by atoms with Crippen molar-refractivity contribution in [3.63, 3.8) is 0 Å². The number of piperazine rings is 1. The summed E-state index contributed by atoms with van der Waals surface area (Å²) in [7, 11) is 2.23. The normalized spacial score (nSPS) is 30.3. The van der Waals surface area contributed by atoms with Crippen molar-refractivity contribution in [2.45, 2.75) is 58.9 Å². The number of nitrogens with zero attached hydrogens (tertiary/aromatic N) is 2. The molecule has 1 aliphatic heterocycles. The summed E-state index contributed by atoms with van der Waals surface area (Å²) in [5, 5.41) is 3.84. The molecule has 2 aliphatic rings. The summed E-state index contributed by atoms with van der Waals surface area (Å²) in [5.74, 6) is 0.918. The van der Waals surface area contributed by atoms with Gasteiger partial charge in [-0.25, -0.2) is 0 Å². The van der Waals surface area contributed by atoms with E-state index >= 15 is 0 Å². The average Bonchev–Trinajstić information content (AvgIpc) is 2.66. The highest BCUT2D eigenvalue weighted by molar-refractivity contribution is 4.81. The van der Waals surface area contributed by atoms with E-state index in [4.69, 9.17) is 0 Å². The lowest BCUT2D eigenvalue weighted by atomic mass is 9.76. The Kier molecular flexibility index (Phi) is 6.51. The molecule has 0 aromatic rings. The zero-order chi connectivity index (χ0) is 15.3. The van der Waals surface area contributed by atoms with E-state index in [-0.39, 0.29) is 0 Å². The Labute approximate surface area is 132 Å². The van der Waals surface area contributed by atoms with Crippen LogP contribution in [0.2, 0.25) is 0 Å². The van der Waals surface area contributed by atoms with E-state index in [0.29, 0.717) is 5.41 Å². The standard InChI is InChI=1S/C18H37N3/c1-18(2,3)16-6-5-7-17(9-8-16)19-10-11-21-14-12-20(4)13-15-21/h16-17,19H,5-15H2,1-4H3. The van der Waals surface area contributed by atoms with Gasteiger partial charge in [-0.1, -0.05) is 27.2 Å². The van der Waals surface area contributed by atoms with Gasteiger partial charge in [-0.15, -0.1) is 0 Å². The second-order valence-electron chi connectivity index (χ2n) is 8.37. The highest BCUT2D eigenvalue weighted by Gasteiger charge is 2.27. The molecule has 2 atom stereocenters. The topological polar surface area (TPSA) is 18.5 Å². The first-order chi connectivity index (χ1) is 9.95. The number of nitrogens with one attached hydrogen (secondary N) is 1. The molecular weight excluding hydrogens is 258 g/mol. The van der Waals surface area contributed by atoms with Gasteiger partial charge in [0.15, 0.2) is 0 Å². The van der Waals surface area contributed by atoms with E-state index in [1.807, 2.05) is 0 Å². The Morgan fingerprint density at radius 1 is 0.952 bits per heavy atom. The second kappa shape index (κ2) is 7.94. The minimum atomic E-state index is 0.495. The van der Waals surface area contributed by atoms with E-state index in [1.54, 1.807) is 0 Å². The first kappa shape index (κ1) is 17.2. The van der Waals surface area contributed by atoms with E-state index in [0.717, 1.165) is 12.0 Å². The molecule has 0 aromatic heterocycles. The van der Waals surface area contributed by atoms with Gasteiger partial charge in [0, 0.05) is 45.3 Å². The van der Waals surface area contributed by atoms with Crippen LogP contribution in [0.1, 0.15) is 52.9 Å². The van der Waals surface area contributed by atoms with Crippen LogP contribution in [0, 0.1) is 11.3 Å². The minimum absolute atomic E-state index is 0.495. The predicted octanol–water partition coefficient (Wildman–Crippen LogP) is 2.82. The number of hydrogen-bond acceptors (Lipinski definition) is 3. The van der Waals surface area contributed by atoms with Crippen LogP contribution in [0.3, 0.4) is 0 Å². The monoisotopic (exact) mass is 295 g/mol. The van der Waals surface area contributed by atoms with Crippen LogP contribution in [0.15, 0.2) is 0 Å². The zero-order valence-corrected chi connectivity index (χ0v) is 14.8. The van der Waals surface area contributed by atoms with Crippen LogP contribution < -0.4 is 5.32 Å². The van der Waals surface area contributed by atoms with Crippen molar-refractivity contribution in [3.05, 3.63) is 0 Å². The molecule has 3 nitrogen and oxygen atoms in total. The number of hydrogen-bond donors (Lipinski definition) is 1. The average molecular weight is 296 g/mol. The number of rotatable bonds is 4. The van der Waals surface area contributed by atoms with E-state index in [9.17, 15) is 0 Å². The SMILES string of the molecule is CN1CCN(CCNC2CCCC(C(C)(C)C)CC2)CC1. The van der Waals surface area contributed by atoms with Crippen molar-refractivity contribution in [3.8, 4) is 0 Å². The van der Waals surface area contributed by atoms with Crippen molar-refractivity contribution >= 4 is 0 Å². The van der Waals surface area contributed by atoms with Gasteiger partial charge < -0.3 is 10.2 Å². The summed E-state index contributed by atoms with van der Waals surface area (Å²) in [6, 6.07) is 0.768. The van der Waals surface area contributed by atoms with Crippen LogP contribution in [0.5, 0.6) is 0 Å². The molecule has 1 heterocycles. The van der Waals surface area contributed by atoms with Gasteiger partial charge in [0.25, 0.3) is 0 Å². The molecule has 2 rings (SSSR count). The van der Waals surface area contributed by atoms with Gasteiger partial charge >= 0.3 is 0 Å². The van der Waals surface area contributed by atoms with E-state index in [2.05, 4.69) is 42.9 Å². The van der Waals surface area contributed by atoms with Gasteiger partial charge in [-0.2, -0.15) is 0 Å². The molecule has 0 amide bonds. The van der Waals surface area contributed by atoms with Gasteiger partial charge in [0.1, 0.15) is 0 Å². The maximum absolute atomic E-state index is 3.84. The fourth-order valence-corrected chi connectivity index (χ4v) is 3.87. The fraction of sp³-hybridized carbons (Fsp3) is 1.00. The largest absolute Gasteiger partial charge is 0.313 e. The molecule has 1 saturated carbocycles. The summed E-state index contributed by atoms with van der Waals surface area (Å²) in [6.07, 6.45) is 7.02. The maximum Gasteiger partial charge on any atom is 0.0110 e. The molecule has 0 aromatic carbocycles. The molecule has 3 heteroatoms. The minimum Gasteiger partial charge on any atom is -0.313 e. The van der Waals surface area contributed by atoms with Crippen molar-refractivity contribution in [1.82, 2.24) is 15.1 Å². The fourth-order valence-electron chi connectivity index (χ4n) is 3.87. The first-order valence-electron chi connectivity index (χ1n) is 9.09. The number of likely N-dealkylation sites (N-methyl/N-ethyl adjacent to an activating group) is 1. The Morgan fingerprint density at radius 3 is 2.33 bits per heavy atom. The van der Waals surface area contributed by atoms with Crippen LogP contribution in [0.25, 0.3) is 0 Å². The molecule has 1 saturated heterocycles. The van der Waals surface area contributed by atoms with Crippen LogP contribution >= 0.6 is 0 Å². The Hall–Kier alpha value is -0.120. The molecule has 124 valence electrons. The molecule has 1 N–H and O–H groups in total. The molecular formula is C18H37N3.